The number of alkyl halides is 3. The van der Waals surface area contributed by atoms with E-state index in [1.807, 2.05) is 0 Å². The molecule has 0 bridgehead atoms. The minimum Gasteiger partial charge on any atom is -0.444 e. The number of ether oxygens (including phenoxy) is 1. The van der Waals surface area contributed by atoms with E-state index in [0.29, 0.717) is 29.0 Å². The highest BCUT2D eigenvalue weighted by Crippen LogP contribution is 2.32. The van der Waals surface area contributed by atoms with Crippen molar-refractivity contribution in [3.63, 3.8) is 0 Å². The highest BCUT2D eigenvalue weighted by atomic mass is 35.5. The number of carbonyl (C=O) groups excluding carboxylic acids is 1. The fraction of sp³-hybridized carbons (Fsp3) is 0.458. The molecule has 198 valence electrons. The standard InChI is InChI=1S/C24H27ClF3NO6S/c1-23(2,3)34-22(31)29(14-21(30)16-4-8-18(25)9-5-16)19-10-6-15-7-11-20(13-17(15)12-19)35-36(32,33)24(26,27)28/h4-5,7-9,11,13,19,21,30H,6,10,12,14H2,1-3H3/t19?,21-/m0/s1. The summed E-state index contributed by atoms with van der Waals surface area (Å²) >= 11 is 5.92. The van der Waals surface area contributed by atoms with Gasteiger partial charge in [0, 0.05) is 11.1 Å². The van der Waals surface area contributed by atoms with E-state index in [1.54, 1.807) is 45.0 Å². The predicted molar refractivity (Wildman–Crippen MR) is 127 cm³/mol. The summed E-state index contributed by atoms with van der Waals surface area (Å²) in [6, 6.07) is 9.95. The van der Waals surface area contributed by atoms with Gasteiger partial charge in [-0.2, -0.15) is 21.6 Å². The van der Waals surface area contributed by atoms with Crippen molar-refractivity contribution in [1.82, 2.24) is 4.90 Å². The molecular weight excluding hydrogens is 523 g/mol. The first-order valence-corrected chi connectivity index (χ1v) is 12.9. The molecule has 7 nitrogen and oxygen atoms in total. The molecule has 36 heavy (non-hydrogen) atoms. The Bertz CT molecular complexity index is 1200. The van der Waals surface area contributed by atoms with E-state index < -0.39 is 45.2 Å². The van der Waals surface area contributed by atoms with Crippen LogP contribution < -0.4 is 4.18 Å². The van der Waals surface area contributed by atoms with Gasteiger partial charge in [0.25, 0.3) is 0 Å². The van der Waals surface area contributed by atoms with Crippen molar-refractivity contribution >= 4 is 27.8 Å². The molecule has 2 aromatic carbocycles. The Morgan fingerprint density at radius 1 is 1.14 bits per heavy atom. The first kappa shape index (κ1) is 28.1. The molecule has 3 rings (SSSR count). The normalized spacial score (nSPS) is 17.2. The van der Waals surface area contributed by atoms with Crippen molar-refractivity contribution in [2.24, 2.45) is 0 Å². The van der Waals surface area contributed by atoms with Gasteiger partial charge in [0.15, 0.2) is 0 Å². The fourth-order valence-electron chi connectivity index (χ4n) is 3.88. The molecule has 0 fully saturated rings. The number of aliphatic hydroxyl groups is 1. The van der Waals surface area contributed by atoms with Crippen LogP contribution in [0.5, 0.6) is 5.75 Å². The third-order valence-corrected chi connectivity index (χ3v) is 6.79. The molecule has 0 heterocycles. The smallest absolute Gasteiger partial charge is 0.444 e. The zero-order valence-corrected chi connectivity index (χ0v) is 21.5. The molecule has 0 saturated carbocycles. The second-order valence-corrected chi connectivity index (χ2v) is 11.5. The Kier molecular flexibility index (Phi) is 8.17. The van der Waals surface area contributed by atoms with Gasteiger partial charge in [-0.05, 0) is 81.0 Å². The first-order valence-electron chi connectivity index (χ1n) is 11.1. The molecule has 1 unspecified atom stereocenters. The summed E-state index contributed by atoms with van der Waals surface area (Å²) in [5.41, 5.74) is -4.49. The zero-order chi connectivity index (χ0) is 26.9. The molecule has 0 spiro atoms. The summed E-state index contributed by atoms with van der Waals surface area (Å²) in [5, 5.41) is 11.3. The molecule has 1 aliphatic rings. The van der Waals surface area contributed by atoms with E-state index in [-0.39, 0.29) is 13.0 Å². The number of halogens is 4. The number of fused-ring (bicyclic) bond motifs is 1. The third-order valence-electron chi connectivity index (χ3n) is 5.56. The van der Waals surface area contributed by atoms with Gasteiger partial charge in [-0.3, -0.25) is 0 Å². The van der Waals surface area contributed by atoms with Crippen molar-refractivity contribution < 1.29 is 40.4 Å². The number of hydrogen-bond acceptors (Lipinski definition) is 6. The Labute approximate surface area is 212 Å². The van der Waals surface area contributed by atoms with Gasteiger partial charge in [0.05, 0.1) is 12.6 Å². The highest BCUT2D eigenvalue weighted by Gasteiger charge is 2.48. The summed E-state index contributed by atoms with van der Waals surface area (Å²) < 4.78 is 70.8. The quantitative estimate of drug-likeness (QED) is 0.383. The number of hydrogen-bond donors (Lipinski definition) is 1. The molecule has 0 radical (unpaired) electrons. The van der Waals surface area contributed by atoms with E-state index >= 15 is 0 Å². The molecule has 1 amide bonds. The van der Waals surface area contributed by atoms with Gasteiger partial charge in [-0.25, -0.2) is 4.79 Å². The summed E-state index contributed by atoms with van der Waals surface area (Å²) in [6.07, 6.45) is -0.534. The van der Waals surface area contributed by atoms with Gasteiger partial charge in [-0.15, -0.1) is 0 Å². The monoisotopic (exact) mass is 549 g/mol. The maximum absolute atomic E-state index is 13.1. The fourth-order valence-corrected chi connectivity index (χ4v) is 4.45. The Morgan fingerprint density at radius 3 is 2.36 bits per heavy atom. The van der Waals surface area contributed by atoms with Crippen molar-refractivity contribution in [1.29, 1.82) is 0 Å². The van der Waals surface area contributed by atoms with Crippen molar-refractivity contribution in [2.45, 2.75) is 63.3 Å². The van der Waals surface area contributed by atoms with Crippen LogP contribution in [0.25, 0.3) is 0 Å². The largest absolute Gasteiger partial charge is 0.534 e. The van der Waals surface area contributed by atoms with Gasteiger partial charge in [0.1, 0.15) is 11.4 Å². The predicted octanol–water partition coefficient (Wildman–Crippen LogP) is 5.40. The number of benzene rings is 2. The van der Waals surface area contributed by atoms with Crippen molar-refractivity contribution in [2.75, 3.05) is 6.54 Å². The van der Waals surface area contributed by atoms with Gasteiger partial charge in [-0.1, -0.05) is 29.8 Å². The first-order chi connectivity index (χ1) is 16.6. The maximum atomic E-state index is 13.1. The van der Waals surface area contributed by atoms with Crippen LogP contribution in [0.4, 0.5) is 18.0 Å². The van der Waals surface area contributed by atoms with Gasteiger partial charge < -0.3 is 18.9 Å². The van der Waals surface area contributed by atoms with Crippen LogP contribution in [0.2, 0.25) is 5.02 Å². The van der Waals surface area contributed by atoms with Gasteiger partial charge >= 0.3 is 21.7 Å². The number of amides is 1. The van der Waals surface area contributed by atoms with Crippen LogP contribution in [-0.2, 0) is 27.7 Å². The second-order valence-electron chi connectivity index (χ2n) is 9.51. The van der Waals surface area contributed by atoms with Crippen LogP contribution >= 0.6 is 11.6 Å². The molecule has 2 aromatic rings. The number of rotatable bonds is 6. The topological polar surface area (TPSA) is 93.1 Å². The summed E-state index contributed by atoms with van der Waals surface area (Å²) in [6.45, 7) is 5.02. The molecule has 2 atom stereocenters. The van der Waals surface area contributed by atoms with E-state index in [4.69, 9.17) is 16.3 Å². The number of aryl methyl sites for hydroxylation is 1. The molecule has 0 aliphatic heterocycles. The molecular formula is C24H27ClF3NO6S. The zero-order valence-electron chi connectivity index (χ0n) is 19.9. The average molecular weight is 550 g/mol. The summed E-state index contributed by atoms with van der Waals surface area (Å²) in [7, 11) is -5.82. The number of nitrogens with zero attached hydrogens (tertiary/aromatic N) is 1. The van der Waals surface area contributed by atoms with Crippen LogP contribution in [0.15, 0.2) is 42.5 Å². The lowest BCUT2D eigenvalue weighted by atomic mass is 9.87. The van der Waals surface area contributed by atoms with E-state index in [1.165, 1.54) is 23.1 Å². The Hall–Kier alpha value is -2.50. The molecule has 12 heteroatoms. The molecule has 0 saturated heterocycles. The van der Waals surface area contributed by atoms with E-state index in [2.05, 4.69) is 4.18 Å². The highest BCUT2D eigenvalue weighted by molar-refractivity contribution is 7.88. The minimum absolute atomic E-state index is 0.102. The van der Waals surface area contributed by atoms with Crippen LogP contribution in [0, 0.1) is 0 Å². The van der Waals surface area contributed by atoms with Gasteiger partial charge in [0.2, 0.25) is 0 Å². The molecule has 1 aliphatic carbocycles. The van der Waals surface area contributed by atoms with Crippen molar-refractivity contribution in [3.8, 4) is 5.75 Å². The second kappa shape index (κ2) is 10.5. The maximum Gasteiger partial charge on any atom is 0.534 e. The number of carbonyl (C=O) groups is 1. The lowest BCUT2D eigenvalue weighted by Gasteiger charge is -2.37. The molecule has 1 N–H and O–H groups in total. The van der Waals surface area contributed by atoms with Crippen molar-refractivity contribution in [3.05, 3.63) is 64.2 Å². The Balaban J connectivity index is 1.86. The number of aliphatic hydroxyl groups excluding tert-OH is 1. The minimum atomic E-state index is -5.82. The summed E-state index contributed by atoms with van der Waals surface area (Å²) in [4.78, 5) is 14.5. The van der Waals surface area contributed by atoms with Crippen LogP contribution in [0.1, 0.15) is 50.0 Å². The lowest BCUT2D eigenvalue weighted by molar-refractivity contribution is -0.0500. The Morgan fingerprint density at radius 2 is 1.78 bits per heavy atom. The SMILES string of the molecule is CC(C)(C)OC(=O)N(C[C@H](O)c1ccc(Cl)cc1)C1CCc2ccc(OS(=O)(=O)C(F)(F)F)cc2C1. The molecule has 0 aromatic heterocycles. The van der Waals surface area contributed by atoms with E-state index in [0.717, 1.165) is 5.56 Å². The lowest BCUT2D eigenvalue weighted by Crippen LogP contribution is -2.47. The average Bonchev–Trinajstić information content (AvgIpc) is 2.75. The third kappa shape index (κ3) is 7.04. The van der Waals surface area contributed by atoms with Crippen LogP contribution in [0.3, 0.4) is 0 Å². The van der Waals surface area contributed by atoms with E-state index in [9.17, 15) is 31.5 Å². The summed E-state index contributed by atoms with van der Waals surface area (Å²) in [5.74, 6) is -0.475. The van der Waals surface area contributed by atoms with Crippen LogP contribution in [-0.4, -0.2) is 48.2 Å².